The van der Waals surface area contributed by atoms with Crippen LogP contribution in [0, 0.1) is 0 Å². The van der Waals surface area contributed by atoms with E-state index in [4.69, 9.17) is 4.98 Å². The van der Waals surface area contributed by atoms with Crippen LogP contribution in [0.3, 0.4) is 0 Å². The lowest BCUT2D eigenvalue weighted by Gasteiger charge is -2.18. The number of benzene rings is 1. The zero-order valence-electron chi connectivity index (χ0n) is 16.8. The van der Waals surface area contributed by atoms with E-state index in [1.54, 1.807) is 23.0 Å². The molecule has 0 bridgehead atoms. The van der Waals surface area contributed by atoms with Gasteiger partial charge in [0.15, 0.2) is 5.16 Å². The molecule has 0 spiro atoms. The van der Waals surface area contributed by atoms with Crippen LogP contribution in [-0.2, 0) is 11.8 Å². The standard InChI is InChI=1S/C22H21N3O2S3/c1-13(15-8-5-4-6-9-15)23-19(26)14(2)30-22-24-20-18(21(27)25(22)3)16(12-29-20)17-10-7-11-28-17/h4-14H,1-3H3,(H,23,26). The molecule has 5 nitrogen and oxygen atoms in total. The van der Waals surface area contributed by atoms with Crippen molar-refractivity contribution in [1.82, 2.24) is 14.9 Å². The number of carbonyl (C=O) groups is 1. The molecular weight excluding hydrogens is 434 g/mol. The summed E-state index contributed by atoms with van der Waals surface area (Å²) in [6, 6.07) is 13.7. The highest BCUT2D eigenvalue weighted by atomic mass is 32.2. The number of thiophene rings is 2. The minimum absolute atomic E-state index is 0.0857. The van der Waals surface area contributed by atoms with Gasteiger partial charge in [-0.05, 0) is 30.9 Å². The second kappa shape index (κ2) is 8.75. The van der Waals surface area contributed by atoms with Gasteiger partial charge in [-0.1, -0.05) is 48.2 Å². The number of carbonyl (C=O) groups excluding carboxylic acids is 1. The van der Waals surface area contributed by atoms with Crippen LogP contribution in [-0.4, -0.2) is 20.7 Å². The molecule has 0 aliphatic rings. The predicted octanol–water partition coefficient (Wildman–Crippen LogP) is 5.08. The van der Waals surface area contributed by atoms with Crippen LogP contribution in [0.25, 0.3) is 20.7 Å². The molecule has 3 heterocycles. The minimum atomic E-state index is -0.386. The summed E-state index contributed by atoms with van der Waals surface area (Å²) < 4.78 is 1.54. The zero-order chi connectivity index (χ0) is 21.3. The molecule has 2 atom stereocenters. The number of aromatic nitrogens is 2. The second-order valence-electron chi connectivity index (χ2n) is 6.97. The van der Waals surface area contributed by atoms with Crippen LogP contribution in [0.5, 0.6) is 0 Å². The molecule has 0 aliphatic carbocycles. The molecular formula is C22H21N3O2S3. The molecule has 154 valence electrons. The molecule has 2 unspecified atom stereocenters. The van der Waals surface area contributed by atoms with Gasteiger partial charge in [-0.2, -0.15) is 0 Å². The van der Waals surface area contributed by atoms with Crippen LogP contribution >= 0.6 is 34.4 Å². The molecule has 4 rings (SSSR count). The van der Waals surface area contributed by atoms with Crippen molar-refractivity contribution in [3.05, 3.63) is 69.1 Å². The number of nitrogens with zero attached hydrogens (tertiary/aromatic N) is 2. The number of rotatable bonds is 6. The molecule has 1 aromatic carbocycles. The number of fused-ring (bicyclic) bond motifs is 1. The van der Waals surface area contributed by atoms with Gasteiger partial charge >= 0.3 is 0 Å². The maximum Gasteiger partial charge on any atom is 0.263 e. The fraction of sp³-hybridized carbons (Fsp3) is 0.227. The topological polar surface area (TPSA) is 64.0 Å². The lowest BCUT2D eigenvalue weighted by molar-refractivity contribution is -0.120. The van der Waals surface area contributed by atoms with E-state index in [2.05, 4.69) is 5.32 Å². The minimum Gasteiger partial charge on any atom is -0.349 e. The van der Waals surface area contributed by atoms with Gasteiger partial charge in [0.05, 0.1) is 16.7 Å². The van der Waals surface area contributed by atoms with Gasteiger partial charge in [0, 0.05) is 22.9 Å². The van der Waals surface area contributed by atoms with Crippen molar-refractivity contribution >= 4 is 50.6 Å². The maximum absolute atomic E-state index is 13.1. The summed E-state index contributed by atoms with van der Waals surface area (Å²) in [4.78, 5) is 32.2. The Morgan fingerprint density at radius 1 is 1.13 bits per heavy atom. The largest absolute Gasteiger partial charge is 0.349 e. The first-order chi connectivity index (χ1) is 14.5. The monoisotopic (exact) mass is 455 g/mol. The first kappa shape index (κ1) is 20.8. The Kier molecular flexibility index (Phi) is 6.08. The third-order valence-corrected chi connectivity index (χ3v) is 7.79. The van der Waals surface area contributed by atoms with Crippen LogP contribution in [0.2, 0.25) is 0 Å². The van der Waals surface area contributed by atoms with E-state index in [9.17, 15) is 9.59 Å². The Morgan fingerprint density at radius 2 is 1.90 bits per heavy atom. The highest BCUT2D eigenvalue weighted by Crippen LogP contribution is 2.34. The molecule has 3 aromatic heterocycles. The molecule has 1 amide bonds. The van der Waals surface area contributed by atoms with Crippen molar-refractivity contribution in [2.24, 2.45) is 7.05 Å². The highest BCUT2D eigenvalue weighted by molar-refractivity contribution is 8.00. The third-order valence-electron chi connectivity index (χ3n) is 4.87. The Balaban J connectivity index is 1.56. The van der Waals surface area contributed by atoms with Gasteiger partial charge in [0.25, 0.3) is 5.56 Å². The summed E-state index contributed by atoms with van der Waals surface area (Å²) in [7, 11) is 1.71. The van der Waals surface area contributed by atoms with Gasteiger partial charge in [-0.15, -0.1) is 22.7 Å². The van der Waals surface area contributed by atoms with Crippen LogP contribution in [0.1, 0.15) is 25.5 Å². The van der Waals surface area contributed by atoms with Crippen molar-refractivity contribution in [1.29, 1.82) is 0 Å². The van der Waals surface area contributed by atoms with Gasteiger partial charge in [0.2, 0.25) is 5.91 Å². The summed E-state index contributed by atoms with van der Waals surface area (Å²) in [5.41, 5.74) is 1.89. The van der Waals surface area contributed by atoms with Crippen molar-refractivity contribution in [2.75, 3.05) is 0 Å². The number of thioether (sulfide) groups is 1. The summed E-state index contributed by atoms with van der Waals surface area (Å²) >= 11 is 4.37. The van der Waals surface area contributed by atoms with E-state index in [1.165, 1.54) is 23.1 Å². The number of hydrogen-bond donors (Lipinski definition) is 1. The Labute approximate surface area is 186 Å². The second-order valence-corrected chi connectivity index (χ2v) is 10.1. The lowest BCUT2D eigenvalue weighted by Crippen LogP contribution is -2.33. The fourth-order valence-corrected chi connectivity index (χ4v) is 5.83. The molecule has 0 fully saturated rings. The third kappa shape index (κ3) is 4.08. The molecule has 8 heteroatoms. The average molecular weight is 456 g/mol. The van der Waals surface area contributed by atoms with E-state index in [0.717, 1.165) is 16.0 Å². The predicted molar refractivity (Wildman–Crippen MR) is 126 cm³/mol. The first-order valence-electron chi connectivity index (χ1n) is 9.49. The average Bonchev–Trinajstić information content (AvgIpc) is 3.42. The number of hydrogen-bond acceptors (Lipinski definition) is 6. The van der Waals surface area contributed by atoms with Crippen LogP contribution < -0.4 is 10.9 Å². The normalized spacial score (nSPS) is 13.3. The molecule has 4 aromatic rings. The fourth-order valence-electron chi connectivity index (χ4n) is 3.14. The van der Waals surface area contributed by atoms with Crippen molar-refractivity contribution < 1.29 is 4.79 Å². The summed E-state index contributed by atoms with van der Waals surface area (Å²) in [5.74, 6) is -0.0869. The number of amides is 1. The summed E-state index contributed by atoms with van der Waals surface area (Å²) in [6.07, 6.45) is 0. The SMILES string of the molecule is CC(Sc1nc2scc(-c3cccs3)c2c(=O)n1C)C(=O)NC(C)c1ccccc1. The summed E-state index contributed by atoms with van der Waals surface area (Å²) in [6.45, 7) is 3.79. The van der Waals surface area contributed by atoms with E-state index < -0.39 is 0 Å². The van der Waals surface area contributed by atoms with Gasteiger partial charge in [-0.25, -0.2) is 4.98 Å². The molecule has 0 saturated heterocycles. The van der Waals surface area contributed by atoms with Gasteiger partial charge in [0.1, 0.15) is 4.83 Å². The first-order valence-corrected chi connectivity index (χ1v) is 12.1. The number of nitrogens with one attached hydrogen (secondary N) is 1. The molecule has 1 N–H and O–H groups in total. The Morgan fingerprint density at radius 3 is 2.60 bits per heavy atom. The van der Waals surface area contributed by atoms with Crippen molar-refractivity contribution in [2.45, 2.75) is 30.3 Å². The van der Waals surface area contributed by atoms with Crippen LogP contribution in [0.15, 0.2) is 63.2 Å². The van der Waals surface area contributed by atoms with Crippen LogP contribution in [0.4, 0.5) is 0 Å². The van der Waals surface area contributed by atoms with E-state index in [-0.39, 0.29) is 22.8 Å². The highest BCUT2D eigenvalue weighted by Gasteiger charge is 2.22. The quantitative estimate of drug-likeness (QED) is 0.325. The molecule has 0 radical (unpaired) electrons. The maximum atomic E-state index is 13.1. The molecule has 0 aliphatic heterocycles. The zero-order valence-corrected chi connectivity index (χ0v) is 19.2. The van der Waals surface area contributed by atoms with E-state index in [1.807, 2.05) is 67.1 Å². The van der Waals surface area contributed by atoms with Gasteiger partial charge in [-0.3, -0.25) is 14.2 Å². The Bertz CT molecular complexity index is 1230. The van der Waals surface area contributed by atoms with E-state index >= 15 is 0 Å². The summed E-state index contributed by atoms with van der Waals surface area (Å²) in [5, 5.41) is 7.82. The van der Waals surface area contributed by atoms with Crippen molar-refractivity contribution in [3.63, 3.8) is 0 Å². The smallest absolute Gasteiger partial charge is 0.263 e. The van der Waals surface area contributed by atoms with Gasteiger partial charge < -0.3 is 5.32 Å². The van der Waals surface area contributed by atoms with E-state index in [0.29, 0.717) is 15.4 Å². The molecule has 30 heavy (non-hydrogen) atoms. The lowest BCUT2D eigenvalue weighted by atomic mass is 10.1. The Hall–Kier alpha value is -2.42. The van der Waals surface area contributed by atoms with Crippen molar-refractivity contribution in [3.8, 4) is 10.4 Å². The molecule has 0 saturated carbocycles.